The molecule has 0 spiro atoms. The number of esters is 1. The average molecular weight is 493 g/mol. The molecule has 0 saturated heterocycles. The quantitative estimate of drug-likeness (QED) is 0.401. The lowest BCUT2D eigenvalue weighted by molar-refractivity contribution is -0.139. The van der Waals surface area contributed by atoms with Gasteiger partial charge in [-0.2, -0.15) is 13.2 Å². The summed E-state index contributed by atoms with van der Waals surface area (Å²) in [6.07, 6.45) is -4.46. The van der Waals surface area contributed by atoms with Gasteiger partial charge in [-0.3, -0.25) is 0 Å². The number of carbonyl (C=O) groups is 2. The molecule has 1 unspecified atom stereocenters. The van der Waals surface area contributed by atoms with Crippen LogP contribution in [0.5, 0.6) is 0 Å². The van der Waals surface area contributed by atoms with E-state index in [1.807, 2.05) is 0 Å². The minimum Gasteiger partial charge on any atom is -0.463 e. The van der Waals surface area contributed by atoms with Gasteiger partial charge in [0.15, 0.2) is 5.11 Å². The van der Waals surface area contributed by atoms with Crippen LogP contribution in [-0.2, 0) is 15.7 Å². The van der Waals surface area contributed by atoms with Crippen molar-refractivity contribution in [3.63, 3.8) is 0 Å². The van der Waals surface area contributed by atoms with Gasteiger partial charge in [0.25, 0.3) is 0 Å². The fraction of sp³-hybridized carbons (Fsp3) is 0.261. The van der Waals surface area contributed by atoms with Gasteiger partial charge in [0.1, 0.15) is 0 Å². The number of benzene rings is 2. The van der Waals surface area contributed by atoms with E-state index in [-0.39, 0.29) is 12.3 Å². The van der Waals surface area contributed by atoms with Crippen LogP contribution in [0, 0.1) is 0 Å². The van der Waals surface area contributed by atoms with Gasteiger partial charge in [-0.15, -0.1) is 0 Å². The first-order valence-corrected chi connectivity index (χ1v) is 10.7. The summed E-state index contributed by atoms with van der Waals surface area (Å²) in [5, 5.41) is 8.67. The summed E-state index contributed by atoms with van der Waals surface area (Å²) in [4.78, 5) is 26.7. The normalized spacial score (nSPS) is 16.1. The number of amides is 2. The average Bonchev–Trinajstić information content (AvgIpc) is 2.77. The summed E-state index contributed by atoms with van der Waals surface area (Å²) in [5.41, 5.74) is 1.50. The van der Waals surface area contributed by atoms with Crippen molar-refractivity contribution >= 4 is 40.7 Å². The Balaban J connectivity index is 1.79. The maximum absolute atomic E-state index is 12.7. The number of nitrogens with one attached hydrogen (secondary N) is 3. The summed E-state index contributed by atoms with van der Waals surface area (Å²) < 4.78 is 43.3. The maximum atomic E-state index is 12.7. The maximum Gasteiger partial charge on any atom is 0.416 e. The highest BCUT2D eigenvalue weighted by atomic mass is 32.1. The molecule has 3 rings (SSSR count). The highest BCUT2D eigenvalue weighted by molar-refractivity contribution is 7.80. The zero-order valence-corrected chi connectivity index (χ0v) is 19.4. The highest BCUT2D eigenvalue weighted by Gasteiger charge is 2.33. The number of carbonyl (C=O) groups excluding carboxylic acids is 2. The summed E-state index contributed by atoms with van der Waals surface area (Å²) >= 11 is 5.37. The molecular formula is C23H23F3N4O3S. The van der Waals surface area contributed by atoms with Gasteiger partial charge in [0.05, 0.1) is 23.8 Å². The fourth-order valence-electron chi connectivity index (χ4n) is 3.39. The predicted molar refractivity (Wildman–Crippen MR) is 126 cm³/mol. The van der Waals surface area contributed by atoms with Crippen LogP contribution in [0.3, 0.4) is 0 Å². The zero-order valence-electron chi connectivity index (χ0n) is 18.6. The van der Waals surface area contributed by atoms with Crippen LogP contribution in [0.25, 0.3) is 0 Å². The Morgan fingerprint density at radius 1 is 1.12 bits per heavy atom. The van der Waals surface area contributed by atoms with Gasteiger partial charge in [-0.1, -0.05) is 12.1 Å². The van der Waals surface area contributed by atoms with E-state index in [1.165, 1.54) is 12.1 Å². The van der Waals surface area contributed by atoms with Gasteiger partial charge in [-0.05, 0) is 68.0 Å². The number of ether oxygens (including phenoxy) is 1. The van der Waals surface area contributed by atoms with Crippen LogP contribution in [0.1, 0.15) is 31.0 Å². The third-order valence-corrected chi connectivity index (χ3v) is 5.59. The van der Waals surface area contributed by atoms with Gasteiger partial charge in [0.2, 0.25) is 0 Å². The molecule has 2 aromatic carbocycles. The molecule has 1 heterocycles. The smallest absolute Gasteiger partial charge is 0.416 e. The minimum atomic E-state index is -4.46. The minimum absolute atomic E-state index is 0.201. The van der Waals surface area contributed by atoms with E-state index < -0.39 is 29.8 Å². The van der Waals surface area contributed by atoms with E-state index in [1.54, 1.807) is 50.1 Å². The molecule has 3 N–H and O–H groups in total. The molecule has 0 radical (unpaired) electrons. The molecule has 0 aromatic heterocycles. The van der Waals surface area contributed by atoms with Crippen molar-refractivity contribution in [1.82, 2.24) is 10.2 Å². The SMILES string of the molecule is CCOC(=O)C1=C(C)N(C)C(=S)NC1c1cccc(NC(=O)Nc2ccc(C(F)(F)F)cc2)c1. The Morgan fingerprint density at radius 3 is 2.38 bits per heavy atom. The Kier molecular flexibility index (Phi) is 7.45. The molecule has 34 heavy (non-hydrogen) atoms. The van der Waals surface area contributed by atoms with Crippen molar-refractivity contribution in [1.29, 1.82) is 0 Å². The third kappa shape index (κ3) is 5.66. The van der Waals surface area contributed by atoms with Crippen molar-refractivity contribution in [2.45, 2.75) is 26.1 Å². The first kappa shape index (κ1) is 25.0. The molecule has 0 saturated carbocycles. The lowest BCUT2D eigenvalue weighted by Crippen LogP contribution is -2.46. The van der Waals surface area contributed by atoms with Crippen molar-refractivity contribution in [2.75, 3.05) is 24.3 Å². The third-order valence-electron chi connectivity index (χ3n) is 5.20. The summed E-state index contributed by atoms with van der Waals surface area (Å²) in [7, 11) is 1.74. The van der Waals surface area contributed by atoms with Gasteiger partial charge < -0.3 is 25.6 Å². The predicted octanol–water partition coefficient (Wildman–Crippen LogP) is 5.05. The number of halogens is 3. The van der Waals surface area contributed by atoms with Crippen LogP contribution >= 0.6 is 12.2 Å². The second-order valence-corrected chi connectivity index (χ2v) is 7.83. The second kappa shape index (κ2) is 10.1. The Labute approximate surface area is 200 Å². The molecule has 2 aromatic rings. The number of hydrogen-bond acceptors (Lipinski definition) is 4. The molecule has 1 atom stereocenters. The van der Waals surface area contributed by atoms with E-state index in [0.717, 1.165) is 12.1 Å². The standard InChI is InChI=1S/C23H23F3N4O3S/c1-4-33-20(31)18-13(2)30(3)22(34)29-19(18)14-6-5-7-17(12-14)28-21(32)27-16-10-8-15(9-11-16)23(24,25)26/h5-12,19H,4H2,1-3H3,(H,29,34)(H2,27,28,32). The first-order chi connectivity index (χ1) is 16.0. The first-order valence-electron chi connectivity index (χ1n) is 10.3. The van der Waals surface area contributed by atoms with Crippen LogP contribution in [-0.4, -0.2) is 35.7 Å². The lowest BCUT2D eigenvalue weighted by atomic mass is 9.95. The number of anilines is 2. The summed E-state index contributed by atoms with van der Waals surface area (Å²) in [5.74, 6) is -0.481. The molecule has 1 aliphatic heterocycles. The number of nitrogens with zero attached hydrogens (tertiary/aromatic N) is 1. The van der Waals surface area contributed by atoms with Crippen molar-refractivity contribution in [3.8, 4) is 0 Å². The van der Waals surface area contributed by atoms with E-state index in [9.17, 15) is 22.8 Å². The van der Waals surface area contributed by atoms with Crippen LogP contribution in [0.15, 0.2) is 59.8 Å². The molecule has 0 bridgehead atoms. The molecule has 0 fully saturated rings. The molecule has 1 aliphatic rings. The largest absolute Gasteiger partial charge is 0.463 e. The van der Waals surface area contributed by atoms with Gasteiger partial charge >= 0.3 is 18.2 Å². The van der Waals surface area contributed by atoms with Crippen molar-refractivity contribution < 1.29 is 27.5 Å². The van der Waals surface area contributed by atoms with Crippen LogP contribution < -0.4 is 16.0 Å². The van der Waals surface area contributed by atoms with Crippen molar-refractivity contribution in [3.05, 3.63) is 70.9 Å². The van der Waals surface area contributed by atoms with E-state index in [4.69, 9.17) is 17.0 Å². The Morgan fingerprint density at radius 2 is 1.76 bits per heavy atom. The van der Waals surface area contributed by atoms with E-state index in [2.05, 4.69) is 16.0 Å². The van der Waals surface area contributed by atoms with Crippen LogP contribution in [0.4, 0.5) is 29.3 Å². The monoisotopic (exact) mass is 492 g/mol. The fourth-order valence-corrected chi connectivity index (χ4v) is 3.65. The van der Waals surface area contributed by atoms with Crippen molar-refractivity contribution in [2.24, 2.45) is 0 Å². The number of alkyl halides is 3. The topological polar surface area (TPSA) is 82.7 Å². The molecule has 0 aliphatic carbocycles. The van der Waals surface area contributed by atoms with E-state index >= 15 is 0 Å². The van der Waals surface area contributed by atoms with E-state index in [0.29, 0.717) is 27.6 Å². The molecule has 7 nitrogen and oxygen atoms in total. The second-order valence-electron chi connectivity index (χ2n) is 7.44. The number of thiocarbonyl (C=S) groups is 1. The molecule has 180 valence electrons. The van der Waals surface area contributed by atoms with Crippen LogP contribution in [0.2, 0.25) is 0 Å². The Bertz CT molecular complexity index is 1130. The number of allylic oxidation sites excluding steroid dienone is 1. The lowest BCUT2D eigenvalue weighted by Gasteiger charge is -2.35. The molecule has 11 heteroatoms. The molecule has 2 amide bonds. The highest BCUT2D eigenvalue weighted by Crippen LogP contribution is 2.32. The Hall–Kier alpha value is -3.60. The van der Waals surface area contributed by atoms with Gasteiger partial charge in [-0.25, -0.2) is 9.59 Å². The number of rotatable bonds is 5. The zero-order chi connectivity index (χ0) is 25.0. The molecular weight excluding hydrogens is 469 g/mol. The number of urea groups is 1. The summed E-state index contributed by atoms with van der Waals surface area (Å²) in [6.45, 7) is 3.70. The summed E-state index contributed by atoms with van der Waals surface area (Å²) in [6, 6.07) is 9.66. The number of hydrogen-bond donors (Lipinski definition) is 3. The van der Waals surface area contributed by atoms with Gasteiger partial charge in [0, 0.05) is 24.1 Å².